The van der Waals surface area contributed by atoms with Gasteiger partial charge in [0.15, 0.2) is 0 Å². The molecule has 0 bridgehead atoms. The summed E-state index contributed by atoms with van der Waals surface area (Å²) in [5.74, 6) is 0. The van der Waals surface area contributed by atoms with Crippen molar-refractivity contribution >= 4 is 10.8 Å². The van der Waals surface area contributed by atoms with Crippen LogP contribution >= 0.6 is 0 Å². The summed E-state index contributed by atoms with van der Waals surface area (Å²) < 4.78 is 0. The fourth-order valence-electron chi connectivity index (χ4n) is 2.15. The molecule has 0 saturated carbocycles. The second kappa shape index (κ2) is 4.45. The van der Waals surface area contributed by atoms with Crippen LogP contribution in [0.2, 0.25) is 0 Å². The summed E-state index contributed by atoms with van der Waals surface area (Å²) in [6, 6.07) is 14.3. The van der Waals surface area contributed by atoms with Crippen LogP contribution in [-0.4, -0.2) is 9.97 Å². The maximum atomic E-state index is 11.7. The van der Waals surface area contributed by atoms with Crippen molar-refractivity contribution in [2.75, 3.05) is 0 Å². The van der Waals surface area contributed by atoms with E-state index in [1.165, 1.54) is 17.1 Å². The Bertz CT molecular complexity index is 741. The van der Waals surface area contributed by atoms with E-state index in [1.54, 1.807) is 6.20 Å². The van der Waals surface area contributed by atoms with Gasteiger partial charge in [-0.05, 0) is 16.3 Å². The SMILES string of the molecule is O=c1[nH]cncc1Cc1cccc2ccccc12. The van der Waals surface area contributed by atoms with Crippen LogP contribution in [0, 0.1) is 0 Å². The molecule has 1 heterocycles. The number of aromatic amines is 1. The number of aromatic nitrogens is 2. The first-order valence-corrected chi connectivity index (χ1v) is 5.83. The molecular weight excluding hydrogens is 224 g/mol. The molecule has 0 aliphatic carbocycles. The number of fused-ring (bicyclic) bond motifs is 1. The molecular formula is C15H12N2O. The smallest absolute Gasteiger partial charge is 0.254 e. The number of nitrogens with zero attached hydrogens (tertiary/aromatic N) is 1. The zero-order chi connectivity index (χ0) is 12.4. The van der Waals surface area contributed by atoms with Crippen molar-refractivity contribution in [3.8, 4) is 0 Å². The Labute approximate surface area is 104 Å². The Hall–Kier alpha value is -2.42. The highest BCUT2D eigenvalue weighted by molar-refractivity contribution is 5.85. The Kier molecular flexibility index (Phi) is 2.65. The fraction of sp³-hybridized carbons (Fsp3) is 0.0667. The van der Waals surface area contributed by atoms with Gasteiger partial charge in [-0.25, -0.2) is 4.98 Å². The highest BCUT2D eigenvalue weighted by Gasteiger charge is 2.04. The van der Waals surface area contributed by atoms with Gasteiger partial charge in [0.2, 0.25) is 0 Å². The predicted octanol–water partition coefficient (Wildman–Crippen LogP) is 2.51. The molecule has 0 unspecified atom stereocenters. The highest BCUT2D eigenvalue weighted by Crippen LogP contribution is 2.19. The van der Waals surface area contributed by atoms with Gasteiger partial charge in [0.05, 0.1) is 6.33 Å². The average Bonchev–Trinajstić information content (AvgIpc) is 2.42. The van der Waals surface area contributed by atoms with Crippen LogP contribution in [0.4, 0.5) is 0 Å². The molecule has 0 radical (unpaired) electrons. The lowest BCUT2D eigenvalue weighted by molar-refractivity contribution is 1.03. The maximum Gasteiger partial charge on any atom is 0.254 e. The summed E-state index contributed by atoms with van der Waals surface area (Å²) in [5, 5.41) is 2.37. The third kappa shape index (κ3) is 1.91. The molecule has 0 fully saturated rings. The van der Waals surface area contributed by atoms with Crippen LogP contribution in [0.1, 0.15) is 11.1 Å². The first-order valence-electron chi connectivity index (χ1n) is 5.83. The molecule has 3 nitrogen and oxygen atoms in total. The van der Waals surface area contributed by atoms with E-state index in [2.05, 4.69) is 34.2 Å². The van der Waals surface area contributed by atoms with Gasteiger partial charge in [0.25, 0.3) is 5.56 Å². The van der Waals surface area contributed by atoms with E-state index in [0.717, 1.165) is 5.56 Å². The van der Waals surface area contributed by atoms with Crippen LogP contribution in [0.25, 0.3) is 10.8 Å². The van der Waals surface area contributed by atoms with Gasteiger partial charge in [0.1, 0.15) is 0 Å². The van der Waals surface area contributed by atoms with Crippen molar-refractivity contribution in [2.24, 2.45) is 0 Å². The fourth-order valence-corrected chi connectivity index (χ4v) is 2.15. The Balaban J connectivity index is 2.11. The molecule has 18 heavy (non-hydrogen) atoms. The van der Waals surface area contributed by atoms with Gasteiger partial charge < -0.3 is 4.98 Å². The van der Waals surface area contributed by atoms with Gasteiger partial charge in [-0.3, -0.25) is 4.79 Å². The second-order valence-corrected chi connectivity index (χ2v) is 4.22. The van der Waals surface area contributed by atoms with Crippen LogP contribution in [0.15, 0.2) is 59.8 Å². The van der Waals surface area contributed by atoms with Crippen LogP contribution < -0.4 is 5.56 Å². The van der Waals surface area contributed by atoms with E-state index in [1.807, 2.05) is 18.2 Å². The summed E-state index contributed by atoms with van der Waals surface area (Å²) in [6.45, 7) is 0. The minimum atomic E-state index is -0.0714. The van der Waals surface area contributed by atoms with E-state index in [4.69, 9.17) is 0 Å². The van der Waals surface area contributed by atoms with Gasteiger partial charge >= 0.3 is 0 Å². The van der Waals surface area contributed by atoms with Gasteiger partial charge in [-0.15, -0.1) is 0 Å². The molecule has 1 aromatic heterocycles. The normalized spacial score (nSPS) is 10.7. The first kappa shape index (κ1) is 10.7. The Morgan fingerprint density at radius 2 is 1.83 bits per heavy atom. The van der Waals surface area contributed by atoms with Crippen molar-refractivity contribution in [1.82, 2.24) is 9.97 Å². The molecule has 0 aliphatic heterocycles. The molecule has 0 spiro atoms. The minimum Gasteiger partial charge on any atom is -0.313 e. The predicted molar refractivity (Wildman–Crippen MR) is 71.6 cm³/mol. The van der Waals surface area contributed by atoms with E-state index in [-0.39, 0.29) is 5.56 Å². The largest absolute Gasteiger partial charge is 0.313 e. The summed E-state index contributed by atoms with van der Waals surface area (Å²) in [5.41, 5.74) is 1.76. The quantitative estimate of drug-likeness (QED) is 0.743. The van der Waals surface area contributed by atoms with Crippen molar-refractivity contribution in [3.63, 3.8) is 0 Å². The molecule has 3 heteroatoms. The van der Waals surface area contributed by atoms with E-state index >= 15 is 0 Å². The molecule has 2 aromatic carbocycles. The third-order valence-electron chi connectivity index (χ3n) is 3.05. The lowest BCUT2D eigenvalue weighted by Crippen LogP contribution is -2.12. The number of rotatable bonds is 2. The lowest BCUT2D eigenvalue weighted by atomic mass is 10.00. The van der Waals surface area contributed by atoms with Crippen molar-refractivity contribution in [1.29, 1.82) is 0 Å². The van der Waals surface area contributed by atoms with E-state index < -0.39 is 0 Å². The monoisotopic (exact) mass is 236 g/mol. The molecule has 0 atom stereocenters. The third-order valence-corrected chi connectivity index (χ3v) is 3.05. The molecule has 3 rings (SSSR count). The van der Waals surface area contributed by atoms with Gasteiger partial charge in [-0.2, -0.15) is 0 Å². The average molecular weight is 236 g/mol. The molecule has 0 amide bonds. The van der Waals surface area contributed by atoms with Crippen molar-refractivity contribution < 1.29 is 0 Å². The number of H-pyrrole nitrogens is 1. The standard InChI is InChI=1S/C15H12N2O/c18-15-13(9-16-10-17-15)8-12-6-3-5-11-4-1-2-7-14(11)12/h1-7,9-10H,8H2,(H,16,17,18). The number of nitrogens with one attached hydrogen (secondary N) is 1. The zero-order valence-corrected chi connectivity index (χ0v) is 9.76. The van der Waals surface area contributed by atoms with Crippen LogP contribution in [0.3, 0.4) is 0 Å². The van der Waals surface area contributed by atoms with Crippen LogP contribution in [0.5, 0.6) is 0 Å². The topological polar surface area (TPSA) is 45.8 Å². The Morgan fingerprint density at radius 3 is 2.72 bits per heavy atom. The minimum absolute atomic E-state index is 0.0714. The highest BCUT2D eigenvalue weighted by atomic mass is 16.1. The van der Waals surface area contributed by atoms with Gasteiger partial charge in [0, 0.05) is 18.2 Å². The molecule has 0 saturated heterocycles. The molecule has 0 aliphatic rings. The van der Waals surface area contributed by atoms with E-state index in [9.17, 15) is 4.79 Å². The van der Waals surface area contributed by atoms with Crippen molar-refractivity contribution in [2.45, 2.75) is 6.42 Å². The number of benzene rings is 2. The molecule has 3 aromatic rings. The van der Waals surface area contributed by atoms with Crippen LogP contribution in [-0.2, 0) is 6.42 Å². The zero-order valence-electron chi connectivity index (χ0n) is 9.76. The summed E-state index contributed by atoms with van der Waals surface area (Å²) in [7, 11) is 0. The summed E-state index contributed by atoms with van der Waals surface area (Å²) in [6.07, 6.45) is 3.64. The van der Waals surface area contributed by atoms with E-state index in [0.29, 0.717) is 12.0 Å². The van der Waals surface area contributed by atoms with Gasteiger partial charge in [-0.1, -0.05) is 42.5 Å². The second-order valence-electron chi connectivity index (χ2n) is 4.22. The number of hydrogen-bond donors (Lipinski definition) is 1. The summed E-state index contributed by atoms with van der Waals surface area (Å²) >= 11 is 0. The maximum absolute atomic E-state index is 11.7. The molecule has 1 N–H and O–H groups in total. The first-order chi connectivity index (χ1) is 8.84. The summed E-state index contributed by atoms with van der Waals surface area (Å²) in [4.78, 5) is 18.2. The Morgan fingerprint density at radius 1 is 1.00 bits per heavy atom. The molecule has 88 valence electrons. The van der Waals surface area contributed by atoms with Crippen molar-refractivity contribution in [3.05, 3.63) is 76.5 Å². The lowest BCUT2D eigenvalue weighted by Gasteiger charge is -2.05. The number of hydrogen-bond acceptors (Lipinski definition) is 2.